The maximum Gasteiger partial charge on any atom is 0.494 e. The number of rotatable bonds is 4. The predicted molar refractivity (Wildman–Crippen MR) is 111 cm³/mol. The molecule has 5 heteroatoms. The molecule has 1 aliphatic carbocycles. The molecule has 2 unspecified atom stereocenters. The lowest BCUT2D eigenvalue weighted by molar-refractivity contribution is 0.00578. The Labute approximate surface area is 161 Å². The molecule has 0 amide bonds. The topological polar surface area (TPSA) is 27.7 Å². The van der Waals surface area contributed by atoms with E-state index in [0.29, 0.717) is 5.92 Å². The molecule has 1 aromatic carbocycles. The molecule has 1 heterocycles. The number of benzene rings is 1. The Hall–Kier alpha value is -0.618. The SMILES string of the molecule is C[SiH](C)OC1(c2ccc(B3OC(C)(C)C(C)(C)O3)cc2)CC1C(C)(C)C. The van der Waals surface area contributed by atoms with Crippen LogP contribution in [-0.4, -0.2) is 27.4 Å². The molecule has 0 N–H and O–H groups in total. The molecule has 26 heavy (non-hydrogen) atoms. The van der Waals surface area contributed by atoms with E-state index >= 15 is 0 Å². The van der Waals surface area contributed by atoms with Crippen LogP contribution in [0.4, 0.5) is 0 Å². The van der Waals surface area contributed by atoms with Crippen LogP contribution in [-0.2, 0) is 19.3 Å². The summed E-state index contributed by atoms with van der Waals surface area (Å²) in [5, 5.41) is 0. The first-order chi connectivity index (χ1) is 11.8. The van der Waals surface area contributed by atoms with E-state index in [2.05, 4.69) is 85.8 Å². The van der Waals surface area contributed by atoms with Crippen molar-refractivity contribution in [2.75, 3.05) is 0 Å². The molecule has 3 nitrogen and oxygen atoms in total. The molecule has 0 aromatic heterocycles. The van der Waals surface area contributed by atoms with E-state index in [1.165, 1.54) is 5.56 Å². The summed E-state index contributed by atoms with van der Waals surface area (Å²) in [5.74, 6) is 0.576. The van der Waals surface area contributed by atoms with Gasteiger partial charge in [0.05, 0.1) is 16.8 Å². The summed E-state index contributed by atoms with van der Waals surface area (Å²) in [6, 6.07) is 8.76. The average Bonchev–Trinajstić information content (AvgIpc) is 3.16. The highest BCUT2D eigenvalue weighted by Crippen LogP contribution is 2.62. The van der Waals surface area contributed by atoms with Gasteiger partial charge in [0.25, 0.3) is 0 Å². The standard InChI is InChI=1S/C21H35BO3Si/c1-18(2,3)17-14-21(17,25-26(8)9)15-10-12-16(13-11-15)22-23-19(4,5)20(6,7)24-22/h10-13,17,26H,14H2,1-9H3. The molecule has 0 bridgehead atoms. The Kier molecular flexibility index (Phi) is 4.80. The maximum atomic E-state index is 6.58. The van der Waals surface area contributed by atoms with Crippen LogP contribution in [0.3, 0.4) is 0 Å². The fourth-order valence-electron chi connectivity index (χ4n) is 4.09. The third-order valence-electron chi connectivity index (χ3n) is 6.33. The minimum atomic E-state index is -1.13. The summed E-state index contributed by atoms with van der Waals surface area (Å²) in [6.45, 7) is 19.9. The molecule has 1 saturated heterocycles. The van der Waals surface area contributed by atoms with Crippen molar-refractivity contribution in [1.82, 2.24) is 0 Å². The van der Waals surface area contributed by atoms with E-state index in [4.69, 9.17) is 13.7 Å². The summed E-state index contributed by atoms with van der Waals surface area (Å²) < 4.78 is 19.0. The fraction of sp³-hybridized carbons (Fsp3) is 0.714. The van der Waals surface area contributed by atoms with Crippen molar-refractivity contribution in [2.45, 2.75) is 84.8 Å². The van der Waals surface area contributed by atoms with E-state index in [-0.39, 0.29) is 29.3 Å². The molecular formula is C21H35BO3Si. The normalized spacial score (nSPS) is 30.1. The Bertz CT molecular complexity index is 647. The first kappa shape index (κ1) is 20.1. The smallest absolute Gasteiger partial charge is 0.411 e. The van der Waals surface area contributed by atoms with Crippen molar-refractivity contribution >= 4 is 21.6 Å². The first-order valence-corrected chi connectivity index (χ1v) is 12.7. The van der Waals surface area contributed by atoms with Crippen LogP contribution >= 0.6 is 0 Å². The van der Waals surface area contributed by atoms with Crippen LogP contribution in [0.15, 0.2) is 24.3 Å². The monoisotopic (exact) mass is 374 g/mol. The van der Waals surface area contributed by atoms with Gasteiger partial charge in [0.1, 0.15) is 0 Å². The molecule has 0 spiro atoms. The lowest BCUT2D eigenvalue weighted by Gasteiger charge is -2.32. The molecule has 2 atom stereocenters. The van der Waals surface area contributed by atoms with E-state index in [1.54, 1.807) is 0 Å². The van der Waals surface area contributed by atoms with Crippen LogP contribution in [0.25, 0.3) is 0 Å². The van der Waals surface area contributed by atoms with Gasteiger partial charge in [0.2, 0.25) is 0 Å². The summed E-state index contributed by atoms with van der Waals surface area (Å²) in [4.78, 5) is 0. The quantitative estimate of drug-likeness (QED) is 0.738. The van der Waals surface area contributed by atoms with Gasteiger partial charge in [-0.2, -0.15) is 0 Å². The predicted octanol–water partition coefficient (Wildman–Crippen LogP) is 4.25. The van der Waals surface area contributed by atoms with Gasteiger partial charge >= 0.3 is 7.12 Å². The summed E-state index contributed by atoms with van der Waals surface area (Å²) in [5.41, 5.74) is 1.94. The lowest BCUT2D eigenvalue weighted by atomic mass is 9.78. The molecule has 144 valence electrons. The maximum absolute atomic E-state index is 6.58. The minimum Gasteiger partial charge on any atom is -0.411 e. The van der Waals surface area contributed by atoms with Crippen molar-refractivity contribution in [3.8, 4) is 0 Å². The lowest BCUT2D eigenvalue weighted by Crippen LogP contribution is -2.41. The van der Waals surface area contributed by atoms with Crippen LogP contribution in [0, 0.1) is 11.3 Å². The second kappa shape index (κ2) is 6.20. The highest BCUT2D eigenvalue weighted by Gasteiger charge is 2.61. The highest BCUT2D eigenvalue weighted by molar-refractivity contribution is 6.62. The van der Waals surface area contributed by atoms with Crippen LogP contribution in [0.2, 0.25) is 13.1 Å². The van der Waals surface area contributed by atoms with Crippen molar-refractivity contribution in [2.24, 2.45) is 11.3 Å². The first-order valence-electron chi connectivity index (χ1n) is 9.92. The largest absolute Gasteiger partial charge is 0.494 e. The van der Waals surface area contributed by atoms with Gasteiger partial charge in [-0.05, 0) is 69.6 Å². The van der Waals surface area contributed by atoms with Crippen molar-refractivity contribution < 1.29 is 13.7 Å². The van der Waals surface area contributed by atoms with Crippen LogP contribution in [0.5, 0.6) is 0 Å². The Balaban J connectivity index is 1.83. The highest BCUT2D eigenvalue weighted by atomic mass is 28.3. The van der Waals surface area contributed by atoms with Gasteiger partial charge < -0.3 is 13.7 Å². The van der Waals surface area contributed by atoms with Crippen molar-refractivity contribution in [3.05, 3.63) is 29.8 Å². The molecule has 0 radical (unpaired) electrons. The molecule has 1 saturated carbocycles. The van der Waals surface area contributed by atoms with Gasteiger partial charge in [0.15, 0.2) is 9.04 Å². The molecular weight excluding hydrogens is 339 g/mol. The Morgan fingerprint density at radius 1 is 1.00 bits per heavy atom. The molecule has 1 aliphatic heterocycles. The van der Waals surface area contributed by atoms with Gasteiger partial charge in [-0.25, -0.2) is 0 Å². The van der Waals surface area contributed by atoms with Crippen LogP contribution < -0.4 is 5.46 Å². The third-order valence-corrected chi connectivity index (χ3v) is 7.22. The zero-order valence-corrected chi connectivity index (χ0v) is 19.1. The van der Waals surface area contributed by atoms with Crippen molar-refractivity contribution in [3.63, 3.8) is 0 Å². The summed E-state index contributed by atoms with van der Waals surface area (Å²) >= 11 is 0. The van der Waals surface area contributed by atoms with Crippen LogP contribution in [0.1, 0.15) is 60.5 Å². The van der Waals surface area contributed by atoms with Gasteiger partial charge in [0, 0.05) is 0 Å². The zero-order valence-electron chi connectivity index (χ0n) is 18.0. The van der Waals surface area contributed by atoms with Gasteiger partial charge in [-0.3, -0.25) is 0 Å². The van der Waals surface area contributed by atoms with Gasteiger partial charge in [-0.15, -0.1) is 0 Å². The molecule has 3 rings (SSSR count). The third kappa shape index (κ3) is 3.44. The second-order valence-electron chi connectivity index (χ2n) is 10.4. The minimum absolute atomic E-state index is 0.0902. The Morgan fingerprint density at radius 2 is 1.50 bits per heavy atom. The number of hydrogen-bond donors (Lipinski definition) is 0. The van der Waals surface area contributed by atoms with Gasteiger partial charge in [-0.1, -0.05) is 45.0 Å². The van der Waals surface area contributed by atoms with E-state index in [9.17, 15) is 0 Å². The van der Waals surface area contributed by atoms with E-state index in [0.717, 1.165) is 11.9 Å². The second-order valence-corrected chi connectivity index (χ2v) is 12.7. The molecule has 2 aliphatic rings. The number of hydrogen-bond acceptors (Lipinski definition) is 3. The fourth-order valence-corrected chi connectivity index (χ4v) is 5.33. The molecule has 1 aromatic rings. The summed E-state index contributed by atoms with van der Waals surface area (Å²) in [7, 11) is -1.43. The molecule has 2 fully saturated rings. The zero-order chi connectivity index (χ0) is 19.5. The van der Waals surface area contributed by atoms with E-state index < -0.39 is 9.04 Å². The summed E-state index contributed by atoms with van der Waals surface area (Å²) in [6.07, 6.45) is 1.12. The Morgan fingerprint density at radius 3 is 1.88 bits per heavy atom. The van der Waals surface area contributed by atoms with Crippen molar-refractivity contribution in [1.29, 1.82) is 0 Å². The average molecular weight is 374 g/mol. The van der Waals surface area contributed by atoms with E-state index in [1.807, 2.05) is 0 Å².